The molecule has 0 bridgehead atoms. The molecule has 0 radical (unpaired) electrons. The van der Waals surface area contributed by atoms with Crippen LogP contribution in [0.5, 0.6) is 0 Å². The number of nitrogens with two attached hydrogens (primary N) is 1. The van der Waals surface area contributed by atoms with Crippen LogP contribution in [0.2, 0.25) is 5.02 Å². The van der Waals surface area contributed by atoms with E-state index in [0.717, 1.165) is 11.1 Å². The zero-order chi connectivity index (χ0) is 8.43. The second kappa shape index (κ2) is 3.33. The molecule has 0 aliphatic rings. The summed E-state index contributed by atoms with van der Waals surface area (Å²) in [6, 6.07) is 3.66. The summed E-state index contributed by atoms with van der Waals surface area (Å²) in [5, 5.41) is 0.691. The van der Waals surface area contributed by atoms with E-state index in [9.17, 15) is 0 Å². The Bertz CT molecular complexity index is 271. The smallest absolute Gasteiger partial charge is 0.0494 e. The monoisotopic (exact) mass is 189 g/mol. The standard InChI is InChI=1S/C8H9Cl2N/c1-5-7(10)3-2-6(4-9)8(5)11/h2-3H,4,11H2,1H3. The first-order valence-electron chi connectivity index (χ1n) is 3.26. The van der Waals surface area contributed by atoms with Crippen LogP contribution in [0.1, 0.15) is 11.1 Å². The highest BCUT2D eigenvalue weighted by molar-refractivity contribution is 6.31. The number of benzene rings is 1. The fourth-order valence-electron chi connectivity index (χ4n) is 0.875. The summed E-state index contributed by atoms with van der Waals surface area (Å²) in [4.78, 5) is 0. The van der Waals surface area contributed by atoms with Crippen molar-refractivity contribution in [2.24, 2.45) is 0 Å². The van der Waals surface area contributed by atoms with E-state index in [1.807, 2.05) is 19.1 Å². The lowest BCUT2D eigenvalue weighted by molar-refractivity contribution is 1.35. The summed E-state index contributed by atoms with van der Waals surface area (Å²) in [5.74, 6) is 0.434. The van der Waals surface area contributed by atoms with E-state index < -0.39 is 0 Å². The Morgan fingerprint density at radius 1 is 1.45 bits per heavy atom. The molecule has 0 unspecified atom stereocenters. The first-order chi connectivity index (χ1) is 5.16. The fraction of sp³-hybridized carbons (Fsp3) is 0.250. The third kappa shape index (κ3) is 1.60. The van der Waals surface area contributed by atoms with Crippen molar-refractivity contribution in [2.75, 3.05) is 5.73 Å². The molecule has 2 N–H and O–H groups in total. The highest BCUT2D eigenvalue weighted by atomic mass is 35.5. The number of nitrogen functional groups attached to an aromatic ring is 1. The molecule has 0 aliphatic carbocycles. The Morgan fingerprint density at radius 3 is 2.64 bits per heavy atom. The number of hydrogen-bond acceptors (Lipinski definition) is 1. The highest BCUT2D eigenvalue weighted by Gasteiger charge is 2.03. The summed E-state index contributed by atoms with van der Waals surface area (Å²) < 4.78 is 0. The molecule has 1 aromatic carbocycles. The molecule has 0 heterocycles. The molecule has 0 aliphatic heterocycles. The van der Waals surface area contributed by atoms with Gasteiger partial charge in [-0.25, -0.2) is 0 Å². The molecule has 0 aromatic heterocycles. The quantitative estimate of drug-likeness (QED) is 0.534. The van der Waals surface area contributed by atoms with Gasteiger partial charge >= 0.3 is 0 Å². The number of hydrogen-bond donors (Lipinski definition) is 1. The van der Waals surface area contributed by atoms with Crippen LogP contribution in [0, 0.1) is 6.92 Å². The summed E-state index contributed by atoms with van der Waals surface area (Å²) in [6.45, 7) is 1.88. The van der Waals surface area contributed by atoms with E-state index in [0.29, 0.717) is 16.6 Å². The van der Waals surface area contributed by atoms with E-state index in [1.165, 1.54) is 0 Å². The van der Waals surface area contributed by atoms with Crippen LogP contribution >= 0.6 is 23.2 Å². The molecule has 1 nitrogen and oxygen atoms in total. The summed E-state index contributed by atoms with van der Waals surface area (Å²) >= 11 is 11.5. The van der Waals surface area contributed by atoms with Gasteiger partial charge in [-0.05, 0) is 24.1 Å². The summed E-state index contributed by atoms with van der Waals surface area (Å²) in [7, 11) is 0. The molecule has 0 saturated carbocycles. The van der Waals surface area contributed by atoms with Crippen molar-refractivity contribution in [3.05, 3.63) is 28.3 Å². The summed E-state index contributed by atoms with van der Waals surface area (Å²) in [5.41, 5.74) is 8.27. The maximum atomic E-state index is 5.82. The minimum absolute atomic E-state index is 0.434. The van der Waals surface area contributed by atoms with Crippen molar-refractivity contribution in [1.82, 2.24) is 0 Å². The molecule has 0 fully saturated rings. The van der Waals surface area contributed by atoms with Crippen LogP contribution in [-0.2, 0) is 5.88 Å². The average Bonchev–Trinajstić information content (AvgIpc) is 2.01. The average molecular weight is 190 g/mol. The van der Waals surface area contributed by atoms with Crippen LogP contribution in [-0.4, -0.2) is 0 Å². The maximum absolute atomic E-state index is 5.82. The Hall–Kier alpha value is -0.400. The molecule has 60 valence electrons. The number of rotatable bonds is 1. The van der Waals surface area contributed by atoms with Crippen LogP contribution in [0.15, 0.2) is 12.1 Å². The minimum atomic E-state index is 0.434. The van der Waals surface area contributed by atoms with Gasteiger partial charge in [0.15, 0.2) is 0 Å². The lowest BCUT2D eigenvalue weighted by Gasteiger charge is -2.06. The Morgan fingerprint density at radius 2 is 2.09 bits per heavy atom. The van der Waals surface area contributed by atoms with E-state index in [-0.39, 0.29) is 0 Å². The van der Waals surface area contributed by atoms with E-state index >= 15 is 0 Å². The lowest BCUT2D eigenvalue weighted by Crippen LogP contribution is -1.95. The van der Waals surface area contributed by atoms with Crippen molar-refractivity contribution in [2.45, 2.75) is 12.8 Å². The zero-order valence-electron chi connectivity index (χ0n) is 6.20. The molecule has 0 atom stereocenters. The van der Waals surface area contributed by atoms with Crippen molar-refractivity contribution >= 4 is 28.9 Å². The van der Waals surface area contributed by atoms with Gasteiger partial charge in [0.2, 0.25) is 0 Å². The number of anilines is 1. The van der Waals surface area contributed by atoms with Crippen LogP contribution in [0.4, 0.5) is 5.69 Å². The van der Waals surface area contributed by atoms with Gasteiger partial charge in [-0.2, -0.15) is 0 Å². The van der Waals surface area contributed by atoms with Gasteiger partial charge in [-0.1, -0.05) is 17.7 Å². The molecule has 0 saturated heterocycles. The largest absolute Gasteiger partial charge is 0.398 e. The van der Waals surface area contributed by atoms with Crippen molar-refractivity contribution in [3.8, 4) is 0 Å². The van der Waals surface area contributed by atoms with E-state index in [2.05, 4.69) is 0 Å². The molecular formula is C8H9Cl2N. The highest BCUT2D eigenvalue weighted by Crippen LogP contribution is 2.25. The van der Waals surface area contributed by atoms with E-state index in [4.69, 9.17) is 28.9 Å². The predicted molar refractivity (Wildman–Crippen MR) is 50.2 cm³/mol. The van der Waals surface area contributed by atoms with Gasteiger partial charge < -0.3 is 5.73 Å². The first kappa shape index (κ1) is 8.69. The second-order valence-electron chi connectivity index (χ2n) is 2.38. The Kier molecular flexibility index (Phi) is 2.63. The fourth-order valence-corrected chi connectivity index (χ4v) is 1.27. The molecular weight excluding hydrogens is 181 g/mol. The predicted octanol–water partition coefficient (Wildman–Crippen LogP) is 2.97. The van der Waals surface area contributed by atoms with Gasteiger partial charge in [0, 0.05) is 16.6 Å². The molecule has 1 rings (SSSR count). The topological polar surface area (TPSA) is 26.0 Å². The second-order valence-corrected chi connectivity index (χ2v) is 3.05. The van der Waals surface area contributed by atoms with Crippen LogP contribution in [0.25, 0.3) is 0 Å². The van der Waals surface area contributed by atoms with Crippen molar-refractivity contribution in [3.63, 3.8) is 0 Å². The SMILES string of the molecule is Cc1c(Cl)ccc(CCl)c1N. The number of halogens is 2. The third-order valence-corrected chi connectivity index (χ3v) is 2.38. The maximum Gasteiger partial charge on any atom is 0.0494 e. The first-order valence-corrected chi connectivity index (χ1v) is 4.17. The Balaban J connectivity index is 3.25. The molecule has 11 heavy (non-hydrogen) atoms. The van der Waals surface area contributed by atoms with E-state index in [1.54, 1.807) is 0 Å². The summed E-state index contributed by atoms with van der Waals surface area (Å²) in [6.07, 6.45) is 0. The molecule has 0 spiro atoms. The van der Waals surface area contributed by atoms with Gasteiger partial charge in [-0.3, -0.25) is 0 Å². The van der Waals surface area contributed by atoms with Gasteiger partial charge in [-0.15, -0.1) is 11.6 Å². The normalized spacial score (nSPS) is 10.1. The minimum Gasteiger partial charge on any atom is -0.398 e. The Labute approximate surface area is 76.1 Å². The molecule has 3 heteroatoms. The van der Waals surface area contributed by atoms with Crippen LogP contribution < -0.4 is 5.73 Å². The molecule has 1 aromatic rings. The van der Waals surface area contributed by atoms with Crippen molar-refractivity contribution < 1.29 is 0 Å². The third-order valence-electron chi connectivity index (χ3n) is 1.68. The van der Waals surface area contributed by atoms with Crippen molar-refractivity contribution in [1.29, 1.82) is 0 Å². The van der Waals surface area contributed by atoms with Gasteiger partial charge in [0.1, 0.15) is 0 Å². The lowest BCUT2D eigenvalue weighted by atomic mass is 10.1. The zero-order valence-corrected chi connectivity index (χ0v) is 7.71. The van der Waals surface area contributed by atoms with Crippen LogP contribution in [0.3, 0.4) is 0 Å². The van der Waals surface area contributed by atoms with Gasteiger partial charge in [0.25, 0.3) is 0 Å². The van der Waals surface area contributed by atoms with Gasteiger partial charge in [0.05, 0.1) is 0 Å². The number of alkyl halides is 1. The molecule has 0 amide bonds.